The molecule has 3 aromatic rings. The first-order valence-corrected chi connectivity index (χ1v) is 9.04. The van der Waals surface area contributed by atoms with Crippen LogP contribution in [0.2, 0.25) is 0 Å². The number of carbonyl (C=O) groups is 1. The van der Waals surface area contributed by atoms with Gasteiger partial charge in [-0.1, -0.05) is 29.8 Å². The molecule has 0 saturated carbocycles. The Morgan fingerprint density at radius 2 is 1.96 bits per heavy atom. The van der Waals surface area contributed by atoms with E-state index >= 15 is 0 Å². The van der Waals surface area contributed by atoms with Crippen molar-refractivity contribution >= 4 is 27.5 Å². The van der Waals surface area contributed by atoms with Crippen LogP contribution in [-0.4, -0.2) is 34.3 Å². The lowest BCUT2D eigenvalue weighted by atomic mass is 10.0. The summed E-state index contributed by atoms with van der Waals surface area (Å²) < 4.78 is 6.31. The van der Waals surface area contributed by atoms with E-state index in [1.807, 2.05) is 38.1 Å². The summed E-state index contributed by atoms with van der Waals surface area (Å²) in [6.45, 7) is 3.92. The van der Waals surface area contributed by atoms with E-state index < -0.39 is 12.5 Å². The van der Waals surface area contributed by atoms with Gasteiger partial charge in [-0.25, -0.2) is 4.98 Å². The fraction of sp³-hybridized carbons (Fsp3) is 0.316. The van der Waals surface area contributed by atoms with Gasteiger partial charge < -0.3 is 9.84 Å². The van der Waals surface area contributed by atoms with Crippen LogP contribution in [-0.2, 0) is 22.5 Å². The summed E-state index contributed by atoms with van der Waals surface area (Å²) in [5.41, 5.74) is 2.59. The highest BCUT2D eigenvalue weighted by Gasteiger charge is 2.20. The number of thiophene rings is 1. The number of fused-ring (bicyclic) bond motifs is 1. The van der Waals surface area contributed by atoms with Gasteiger partial charge in [0.2, 0.25) is 0 Å². The average Bonchev–Trinajstić information content (AvgIpc) is 2.92. The molecule has 7 heteroatoms. The minimum absolute atomic E-state index is 0.316. The Hall–Kier alpha value is -2.51. The monoisotopic (exact) mass is 372 g/mol. The molecule has 0 aliphatic heterocycles. The van der Waals surface area contributed by atoms with Gasteiger partial charge in [0.25, 0.3) is 5.56 Å². The van der Waals surface area contributed by atoms with E-state index in [0.717, 1.165) is 21.6 Å². The number of ether oxygens (including phenoxy) is 1. The maximum absolute atomic E-state index is 13.1. The molecule has 1 N–H and O–H groups in total. The van der Waals surface area contributed by atoms with E-state index in [1.165, 1.54) is 15.9 Å². The second-order valence-corrected chi connectivity index (χ2v) is 7.34. The first kappa shape index (κ1) is 18.3. The second kappa shape index (κ2) is 7.39. The number of rotatable bonds is 6. The summed E-state index contributed by atoms with van der Waals surface area (Å²) >= 11 is 1.45. The first-order chi connectivity index (χ1) is 12.4. The third-order valence-electron chi connectivity index (χ3n) is 4.23. The van der Waals surface area contributed by atoms with E-state index in [4.69, 9.17) is 4.74 Å². The molecule has 2 aromatic heterocycles. The number of hydrogen-bond donors (Lipinski definition) is 1. The van der Waals surface area contributed by atoms with Crippen molar-refractivity contribution < 1.29 is 14.6 Å². The summed E-state index contributed by atoms with van der Waals surface area (Å²) in [6, 6.07) is 7.94. The lowest BCUT2D eigenvalue weighted by molar-refractivity contribution is -0.137. The smallest absolute Gasteiger partial charge is 0.323 e. The first-order valence-electron chi connectivity index (χ1n) is 8.23. The minimum Gasteiger partial charge on any atom is -0.480 e. The highest BCUT2D eigenvalue weighted by Crippen LogP contribution is 2.35. The maximum atomic E-state index is 13.1. The van der Waals surface area contributed by atoms with Crippen LogP contribution < -0.4 is 5.56 Å². The standard InChI is InChI=1S/C19H20N2O4S/c1-11-4-6-13(7-5-11)16-12(2)26-18-17(16)19(24)21(10-15(22)23)14(20-18)8-9-25-3/h4-7H,8-10H2,1-3H3,(H,22,23). The van der Waals surface area contributed by atoms with Crippen LogP contribution in [0.3, 0.4) is 0 Å². The van der Waals surface area contributed by atoms with Gasteiger partial charge >= 0.3 is 5.97 Å². The Kier molecular flexibility index (Phi) is 5.20. The zero-order valence-corrected chi connectivity index (χ0v) is 15.7. The van der Waals surface area contributed by atoms with E-state index in [-0.39, 0.29) is 5.56 Å². The second-order valence-electron chi connectivity index (χ2n) is 6.14. The quantitative estimate of drug-likeness (QED) is 0.719. The Morgan fingerprint density at radius 1 is 1.27 bits per heavy atom. The predicted molar refractivity (Wildman–Crippen MR) is 102 cm³/mol. The molecule has 6 nitrogen and oxygen atoms in total. The summed E-state index contributed by atoms with van der Waals surface area (Å²) in [5, 5.41) is 9.70. The number of aliphatic carboxylic acids is 1. The molecule has 0 unspecified atom stereocenters. The fourth-order valence-electron chi connectivity index (χ4n) is 2.99. The number of carboxylic acids is 1. The molecule has 136 valence electrons. The van der Waals surface area contributed by atoms with Gasteiger partial charge in [0.1, 0.15) is 17.2 Å². The van der Waals surface area contributed by atoms with Crippen LogP contribution in [0, 0.1) is 13.8 Å². The number of aryl methyl sites for hydroxylation is 2. The Bertz CT molecular complexity index is 1020. The van der Waals surface area contributed by atoms with Gasteiger partial charge in [0.15, 0.2) is 0 Å². The molecular formula is C19H20N2O4S. The topological polar surface area (TPSA) is 81.4 Å². The number of nitrogens with zero attached hydrogens (tertiary/aromatic N) is 2. The van der Waals surface area contributed by atoms with Gasteiger partial charge in [-0.15, -0.1) is 11.3 Å². The third-order valence-corrected chi connectivity index (χ3v) is 5.23. The van der Waals surface area contributed by atoms with Gasteiger partial charge in [-0.3, -0.25) is 14.2 Å². The SMILES string of the molecule is COCCc1nc2sc(C)c(-c3ccc(C)cc3)c2c(=O)n1CC(=O)O. The van der Waals surface area contributed by atoms with Crippen LogP contribution in [0.5, 0.6) is 0 Å². The van der Waals surface area contributed by atoms with Crippen LogP contribution in [0.4, 0.5) is 0 Å². The van der Waals surface area contributed by atoms with Crippen molar-refractivity contribution in [2.24, 2.45) is 0 Å². The Morgan fingerprint density at radius 3 is 2.58 bits per heavy atom. The molecule has 0 spiro atoms. The number of carboxylic acid groups (broad SMARTS) is 1. The largest absolute Gasteiger partial charge is 0.480 e. The lowest BCUT2D eigenvalue weighted by Gasteiger charge is -2.11. The zero-order chi connectivity index (χ0) is 18.8. The number of methoxy groups -OCH3 is 1. The van der Waals surface area contributed by atoms with Crippen molar-refractivity contribution in [3.05, 3.63) is 50.9 Å². The molecule has 0 amide bonds. The third kappa shape index (κ3) is 3.40. The van der Waals surface area contributed by atoms with Gasteiger partial charge in [0, 0.05) is 24.0 Å². The Labute approximate surface area is 154 Å². The fourth-order valence-corrected chi connectivity index (χ4v) is 4.04. The normalized spacial score (nSPS) is 11.2. The van der Waals surface area contributed by atoms with Crippen molar-refractivity contribution in [3.63, 3.8) is 0 Å². The predicted octanol–water partition coefficient (Wildman–Crippen LogP) is 3.02. The number of benzene rings is 1. The van der Waals surface area contributed by atoms with Crippen molar-refractivity contribution in [2.75, 3.05) is 13.7 Å². The van der Waals surface area contributed by atoms with Gasteiger partial charge in [0.05, 0.1) is 12.0 Å². The molecule has 0 atom stereocenters. The molecule has 0 radical (unpaired) electrons. The number of hydrogen-bond acceptors (Lipinski definition) is 5. The van der Waals surface area contributed by atoms with E-state index in [2.05, 4.69) is 4.98 Å². The molecular weight excluding hydrogens is 352 g/mol. The summed E-state index contributed by atoms with van der Waals surface area (Å²) in [6.07, 6.45) is 0.381. The van der Waals surface area contributed by atoms with Crippen molar-refractivity contribution in [3.8, 4) is 11.1 Å². The summed E-state index contributed by atoms with van der Waals surface area (Å²) in [5.74, 6) is -0.640. The molecule has 0 aliphatic rings. The molecule has 3 rings (SSSR count). The van der Waals surface area contributed by atoms with Crippen molar-refractivity contribution in [2.45, 2.75) is 26.8 Å². The summed E-state index contributed by atoms with van der Waals surface area (Å²) in [7, 11) is 1.56. The van der Waals surface area contributed by atoms with E-state index in [0.29, 0.717) is 29.1 Å². The lowest BCUT2D eigenvalue weighted by Crippen LogP contribution is -2.29. The highest BCUT2D eigenvalue weighted by molar-refractivity contribution is 7.19. The molecule has 0 bridgehead atoms. The zero-order valence-electron chi connectivity index (χ0n) is 14.9. The summed E-state index contributed by atoms with van der Waals surface area (Å²) in [4.78, 5) is 30.6. The van der Waals surface area contributed by atoms with Crippen molar-refractivity contribution in [1.29, 1.82) is 0 Å². The minimum atomic E-state index is -1.07. The molecule has 0 saturated heterocycles. The maximum Gasteiger partial charge on any atom is 0.323 e. The van der Waals surface area contributed by atoms with Crippen LogP contribution in [0.1, 0.15) is 16.3 Å². The van der Waals surface area contributed by atoms with Crippen LogP contribution in [0.15, 0.2) is 29.1 Å². The highest BCUT2D eigenvalue weighted by atomic mass is 32.1. The molecule has 1 aromatic carbocycles. The molecule has 26 heavy (non-hydrogen) atoms. The van der Waals surface area contributed by atoms with Crippen molar-refractivity contribution in [1.82, 2.24) is 9.55 Å². The van der Waals surface area contributed by atoms with Crippen LogP contribution in [0.25, 0.3) is 21.3 Å². The van der Waals surface area contributed by atoms with Crippen LogP contribution >= 0.6 is 11.3 Å². The number of aromatic nitrogens is 2. The van der Waals surface area contributed by atoms with E-state index in [9.17, 15) is 14.7 Å². The molecule has 2 heterocycles. The van der Waals surface area contributed by atoms with Gasteiger partial charge in [-0.2, -0.15) is 0 Å². The Balaban J connectivity index is 2.28. The van der Waals surface area contributed by atoms with Gasteiger partial charge in [-0.05, 0) is 19.4 Å². The molecule has 0 fully saturated rings. The molecule has 0 aliphatic carbocycles. The average molecular weight is 372 g/mol. The van der Waals surface area contributed by atoms with E-state index in [1.54, 1.807) is 7.11 Å².